The minimum atomic E-state index is 0.672. The summed E-state index contributed by atoms with van der Waals surface area (Å²) in [4.78, 5) is 2.46. The molecule has 0 radical (unpaired) electrons. The lowest BCUT2D eigenvalue weighted by Crippen LogP contribution is -2.22. The number of aromatic nitrogens is 1. The Morgan fingerprint density at radius 3 is 1.87 bits per heavy atom. The molecule has 9 rings (SSSR count). The average molecular weight is 583 g/mol. The quantitative estimate of drug-likeness (QED) is 0.200. The second-order valence-corrected chi connectivity index (χ2v) is 12.7. The van der Waals surface area contributed by atoms with Crippen LogP contribution in [-0.4, -0.2) is 4.40 Å². The van der Waals surface area contributed by atoms with Crippen LogP contribution in [0.15, 0.2) is 151 Å². The number of nitrogens with zero attached hydrogens (tertiary/aromatic N) is 2. The molecule has 2 heterocycles. The molecule has 0 bridgehead atoms. The summed E-state index contributed by atoms with van der Waals surface area (Å²) in [5.41, 5.74) is 7.90. The Morgan fingerprint density at radius 2 is 1.18 bits per heavy atom. The zero-order valence-electron chi connectivity index (χ0n) is 26.0. The van der Waals surface area contributed by atoms with Crippen LogP contribution in [0.2, 0.25) is 0 Å². The molecule has 2 aromatic heterocycles. The van der Waals surface area contributed by atoms with E-state index < -0.39 is 0 Å². The molecule has 2 nitrogen and oxygen atoms in total. The molecule has 1 atom stereocenters. The van der Waals surface area contributed by atoms with Crippen molar-refractivity contribution >= 4 is 60.2 Å². The first kappa shape index (κ1) is 27.5. The van der Waals surface area contributed by atoms with E-state index in [-0.39, 0.29) is 0 Å². The Hall–Kier alpha value is -5.08. The first-order chi connectivity index (χ1) is 22.2. The Bertz CT molecular complexity index is 2210. The highest BCUT2D eigenvalue weighted by atomic mass is 15.1. The molecule has 1 aliphatic rings. The van der Waals surface area contributed by atoms with E-state index in [9.17, 15) is 0 Å². The number of benzene rings is 6. The van der Waals surface area contributed by atoms with Crippen molar-refractivity contribution in [3.63, 3.8) is 0 Å². The fourth-order valence-electron chi connectivity index (χ4n) is 7.40. The third-order valence-electron chi connectivity index (χ3n) is 9.66. The summed E-state index contributed by atoms with van der Waals surface area (Å²) in [6.07, 6.45) is 6.24. The summed E-state index contributed by atoms with van der Waals surface area (Å²) in [5, 5.41) is 7.97. The van der Waals surface area contributed by atoms with Gasteiger partial charge in [0.25, 0.3) is 0 Å². The molecule has 1 aliphatic carbocycles. The molecule has 8 aromatic rings. The van der Waals surface area contributed by atoms with E-state index in [2.05, 4.69) is 169 Å². The average Bonchev–Trinajstić information content (AvgIpc) is 3.62. The van der Waals surface area contributed by atoms with Gasteiger partial charge in [-0.25, -0.2) is 0 Å². The van der Waals surface area contributed by atoms with Gasteiger partial charge in [-0.2, -0.15) is 0 Å². The molecule has 0 saturated heterocycles. The Labute approximate surface area is 265 Å². The highest BCUT2D eigenvalue weighted by Gasteiger charge is 2.22. The molecule has 0 saturated carbocycles. The number of anilines is 2. The van der Waals surface area contributed by atoms with Crippen LogP contribution in [0.5, 0.6) is 0 Å². The molecular weight excluding hydrogens is 544 g/mol. The summed E-state index contributed by atoms with van der Waals surface area (Å²) < 4.78 is 2.40. The van der Waals surface area contributed by atoms with Crippen molar-refractivity contribution in [1.82, 2.24) is 4.40 Å². The molecule has 1 unspecified atom stereocenters. The highest BCUT2D eigenvalue weighted by Crippen LogP contribution is 2.39. The molecular formula is C43H38N2. The maximum absolute atomic E-state index is 2.52. The molecule has 2 heteroatoms. The number of fused-ring (bicyclic) bond motifs is 7. The number of para-hydroxylation sites is 4. The first-order valence-corrected chi connectivity index (χ1v) is 16.3. The Kier molecular flexibility index (Phi) is 6.99. The molecule has 45 heavy (non-hydrogen) atoms. The summed E-state index contributed by atoms with van der Waals surface area (Å²) in [7, 11) is 0. The number of rotatable bonds is 4. The number of hydrogen-bond acceptors (Lipinski definition) is 1. The molecule has 6 aromatic carbocycles. The van der Waals surface area contributed by atoms with Gasteiger partial charge in [0, 0.05) is 38.6 Å². The van der Waals surface area contributed by atoms with E-state index in [4.69, 9.17) is 0 Å². The van der Waals surface area contributed by atoms with Gasteiger partial charge in [0.1, 0.15) is 0 Å². The normalized spacial score (nSPS) is 15.2. The van der Waals surface area contributed by atoms with Gasteiger partial charge in [0.05, 0.1) is 16.6 Å². The molecule has 0 spiro atoms. The van der Waals surface area contributed by atoms with Crippen LogP contribution in [0.3, 0.4) is 0 Å². The van der Waals surface area contributed by atoms with Crippen molar-refractivity contribution in [2.75, 3.05) is 4.90 Å². The van der Waals surface area contributed by atoms with Crippen molar-refractivity contribution < 1.29 is 0 Å². The SMILES string of the molecule is CC(C)C1C=C(N(c2ccccc2)c2ccc3ccccc3c2)CCC1.c1ccc2c(c1)c1cccc3c4ccccc4n2c13. The van der Waals surface area contributed by atoms with Crippen LogP contribution in [-0.2, 0) is 0 Å². The maximum atomic E-state index is 2.52. The van der Waals surface area contributed by atoms with E-state index in [1.54, 1.807) is 0 Å². The zero-order chi connectivity index (χ0) is 30.3. The second-order valence-electron chi connectivity index (χ2n) is 12.7. The van der Waals surface area contributed by atoms with E-state index in [0.29, 0.717) is 11.8 Å². The van der Waals surface area contributed by atoms with Crippen LogP contribution in [0.25, 0.3) is 48.9 Å². The van der Waals surface area contributed by atoms with Crippen molar-refractivity contribution in [3.8, 4) is 0 Å². The Balaban J connectivity index is 0.000000139. The van der Waals surface area contributed by atoms with Crippen molar-refractivity contribution in [1.29, 1.82) is 0 Å². The van der Waals surface area contributed by atoms with Gasteiger partial charge < -0.3 is 9.30 Å². The lowest BCUT2D eigenvalue weighted by molar-refractivity contribution is 0.405. The van der Waals surface area contributed by atoms with Gasteiger partial charge in [-0.1, -0.05) is 123 Å². The van der Waals surface area contributed by atoms with Gasteiger partial charge in [-0.05, 0) is 78.3 Å². The van der Waals surface area contributed by atoms with Crippen molar-refractivity contribution in [3.05, 3.63) is 151 Å². The summed E-state index contributed by atoms with van der Waals surface area (Å²) in [6, 6.07) is 50.1. The molecule has 0 amide bonds. The monoisotopic (exact) mass is 582 g/mol. The van der Waals surface area contributed by atoms with Gasteiger partial charge in [-0.15, -0.1) is 0 Å². The van der Waals surface area contributed by atoms with Crippen LogP contribution < -0.4 is 4.90 Å². The van der Waals surface area contributed by atoms with Crippen LogP contribution in [0.1, 0.15) is 33.1 Å². The molecule has 0 aliphatic heterocycles. The van der Waals surface area contributed by atoms with E-state index in [1.807, 2.05) is 0 Å². The van der Waals surface area contributed by atoms with E-state index >= 15 is 0 Å². The van der Waals surface area contributed by atoms with Crippen LogP contribution in [0, 0.1) is 11.8 Å². The largest absolute Gasteiger partial charge is 0.315 e. The Morgan fingerprint density at radius 1 is 0.578 bits per heavy atom. The standard InChI is InChI=1S/C25H27N.C18H11N/c1-19(2)21-11-8-14-24(17-21)26(23-12-4-3-5-13-23)25-16-15-20-9-6-7-10-22(20)18-25;1-3-10-16-12(6-1)14-8-5-9-15-13-7-2-4-11-17(13)19(16)18(14)15/h3-7,9-10,12-13,15-19,21H,8,11,14H2,1-2H3;1-11H. The topological polar surface area (TPSA) is 7.65 Å². The minimum Gasteiger partial charge on any atom is -0.315 e. The first-order valence-electron chi connectivity index (χ1n) is 16.3. The van der Waals surface area contributed by atoms with Gasteiger partial charge in [0.2, 0.25) is 0 Å². The highest BCUT2D eigenvalue weighted by molar-refractivity contribution is 6.23. The van der Waals surface area contributed by atoms with Crippen LogP contribution >= 0.6 is 0 Å². The predicted molar refractivity (Wildman–Crippen MR) is 194 cm³/mol. The summed E-state index contributed by atoms with van der Waals surface area (Å²) in [5.74, 6) is 1.37. The van der Waals surface area contributed by atoms with E-state index in [0.717, 1.165) is 6.42 Å². The predicted octanol–water partition coefficient (Wildman–Crippen LogP) is 12.2. The summed E-state index contributed by atoms with van der Waals surface area (Å²) >= 11 is 0. The number of allylic oxidation sites excluding steroid dienone is 2. The zero-order valence-corrected chi connectivity index (χ0v) is 26.0. The van der Waals surface area contributed by atoms with Gasteiger partial charge >= 0.3 is 0 Å². The lowest BCUT2D eigenvalue weighted by Gasteiger charge is -2.33. The molecule has 0 N–H and O–H groups in total. The minimum absolute atomic E-state index is 0.672. The smallest absolute Gasteiger partial charge is 0.0620 e. The maximum Gasteiger partial charge on any atom is 0.0620 e. The van der Waals surface area contributed by atoms with Crippen molar-refractivity contribution in [2.24, 2.45) is 11.8 Å². The van der Waals surface area contributed by atoms with E-state index in [1.165, 1.54) is 78.8 Å². The third-order valence-corrected chi connectivity index (χ3v) is 9.66. The van der Waals surface area contributed by atoms with Gasteiger partial charge in [-0.3, -0.25) is 0 Å². The van der Waals surface area contributed by atoms with Crippen LogP contribution in [0.4, 0.5) is 11.4 Å². The lowest BCUT2D eigenvalue weighted by atomic mass is 9.85. The fraction of sp³-hybridized carbons (Fsp3) is 0.163. The third kappa shape index (κ3) is 4.82. The molecule has 220 valence electrons. The second kappa shape index (κ2) is 11.4. The summed E-state index contributed by atoms with van der Waals surface area (Å²) in [6.45, 7) is 4.68. The number of hydrogen-bond donors (Lipinski definition) is 0. The van der Waals surface area contributed by atoms with Gasteiger partial charge in [0.15, 0.2) is 0 Å². The van der Waals surface area contributed by atoms with Crippen molar-refractivity contribution in [2.45, 2.75) is 33.1 Å². The molecule has 0 fully saturated rings. The fourth-order valence-corrected chi connectivity index (χ4v) is 7.40.